The molecule has 0 fully saturated rings. The van der Waals surface area contributed by atoms with Crippen LogP contribution >= 0.6 is 0 Å². The summed E-state index contributed by atoms with van der Waals surface area (Å²) in [6.45, 7) is 1.36. The van der Waals surface area contributed by atoms with Crippen molar-refractivity contribution >= 4 is 11.8 Å². The predicted molar refractivity (Wildman–Crippen MR) is 57.1 cm³/mol. The van der Waals surface area contributed by atoms with Crippen molar-refractivity contribution in [3.05, 3.63) is 29.3 Å². The molecule has 20 heavy (non-hydrogen) atoms. The molecule has 0 saturated carbocycles. The lowest BCUT2D eigenvalue weighted by atomic mass is 10.1. The Kier molecular flexibility index (Phi) is 4.51. The van der Waals surface area contributed by atoms with Crippen molar-refractivity contribution < 1.29 is 35.9 Å². The van der Waals surface area contributed by atoms with Crippen LogP contribution in [0.3, 0.4) is 0 Å². The molecule has 1 aromatic rings. The molecule has 112 valence electrons. The van der Waals surface area contributed by atoms with Gasteiger partial charge in [-0.1, -0.05) is 0 Å². The zero-order valence-corrected chi connectivity index (χ0v) is 10.0. The van der Waals surface area contributed by atoms with Crippen LogP contribution in [0.2, 0.25) is 0 Å². The second-order valence-electron chi connectivity index (χ2n) is 3.64. The lowest BCUT2D eigenvalue weighted by Crippen LogP contribution is -2.16. The first-order chi connectivity index (χ1) is 9.04. The van der Waals surface area contributed by atoms with Crippen molar-refractivity contribution in [3.63, 3.8) is 0 Å². The maximum absolute atomic E-state index is 12.5. The number of rotatable bonds is 2. The summed E-state index contributed by atoms with van der Waals surface area (Å²) in [4.78, 5) is 11.0. The SMILES string of the molecule is CCOC(=O)Nc1cc(C(F)(F)F)cc(C(F)(F)F)c1. The summed E-state index contributed by atoms with van der Waals surface area (Å²) in [6.07, 6.45) is -11.1. The third kappa shape index (κ3) is 4.32. The maximum atomic E-state index is 12.5. The Labute approximate surface area is 109 Å². The molecule has 1 rings (SSSR count). The Bertz CT molecular complexity index is 462. The molecule has 0 aromatic heterocycles. The van der Waals surface area contributed by atoms with Crippen LogP contribution in [0.15, 0.2) is 18.2 Å². The highest BCUT2D eigenvalue weighted by molar-refractivity contribution is 5.84. The lowest BCUT2D eigenvalue weighted by Gasteiger charge is -2.14. The molecule has 3 nitrogen and oxygen atoms in total. The smallest absolute Gasteiger partial charge is 0.416 e. The number of hydrogen-bond donors (Lipinski definition) is 1. The molecular weight excluding hydrogens is 292 g/mol. The van der Waals surface area contributed by atoms with Crippen LogP contribution in [-0.2, 0) is 17.1 Å². The molecule has 0 aliphatic rings. The summed E-state index contributed by atoms with van der Waals surface area (Å²) in [6, 6.07) is 0.759. The number of benzene rings is 1. The van der Waals surface area contributed by atoms with E-state index in [1.54, 1.807) is 5.32 Å². The average Bonchev–Trinajstić information content (AvgIpc) is 2.26. The first-order valence-electron chi connectivity index (χ1n) is 5.27. The van der Waals surface area contributed by atoms with Gasteiger partial charge in [-0.05, 0) is 25.1 Å². The van der Waals surface area contributed by atoms with Crippen molar-refractivity contribution in [2.75, 3.05) is 11.9 Å². The molecule has 0 heterocycles. The van der Waals surface area contributed by atoms with Gasteiger partial charge in [0.05, 0.1) is 17.7 Å². The molecule has 0 aliphatic heterocycles. The normalized spacial score (nSPS) is 12.2. The molecule has 0 saturated heterocycles. The fourth-order valence-electron chi connectivity index (χ4n) is 1.31. The van der Waals surface area contributed by atoms with E-state index in [0.29, 0.717) is 12.1 Å². The highest BCUT2D eigenvalue weighted by Crippen LogP contribution is 2.37. The lowest BCUT2D eigenvalue weighted by molar-refractivity contribution is -0.143. The minimum Gasteiger partial charge on any atom is -0.450 e. The van der Waals surface area contributed by atoms with Crippen LogP contribution < -0.4 is 5.32 Å². The van der Waals surface area contributed by atoms with Gasteiger partial charge in [-0.2, -0.15) is 26.3 Å². The Morgan fingerprint density at radius 2 is 1.50 bits per heavy atom. The first kappa shape index (κ1) is 16.1. The van der Waals surface area contributed by atoms with Gasteiger partial charge in [0.15, 0.2) is 0 Å². The van der Waals surface area contributed by atoms with Crippen LogP contribution in [-0.4, -0.2) is 12.7 Å². The van der Waals surface area contributed by atoms with Crippen LogP contribution in [0.25, 0.3) is 0 Å². The molecule has 9 heteroatoms. The summed E-state index contributed by atoms with van der Waals surface area (Å²) in [5, 5.41) is 1.81. The van der Waals surface area contributed by atoms with E-state index in [1.165, 1.54) is 6.92 Å². The minimum absolute atomic E-state index is 0.0314. The van der Waals surface area contributed by atoms with E-state index in [-0.39, 0.29) is 12.7 Å². The Hall–Kier alpha value is -1.93. The fourth-order valence-corrected chi connectivity index (χ4v) is 1.31. The first-order valence-corrected chi connectivity index (χ1v) is 5.27. The van der Waals surface area contributed by atoms with Crippen molar-refractivity contribution in [2.24, 2.45) is 0 Å². The summed E-state index contributed by atoms with van der Waals surface area (Å²) in [5.74, 6) is 0. The van der Waals surface area contributed by atoms with Crippen molar-refractivity contribution in [3.8, 4) is 0 Å². The van der Waals surface area contributed by atoms with E-state index in [4.69, 9.17) is 0 Å². The number of hydrogen-bond acceptors (Lipinski definition) is 2. The van der Waals surface area contributed by atoms with Crippen LogP contribution in [0.4, 0.5) is 36.8 Å². The number of ether oxygens (including phenoxy) is 1. The van der Waals surface area contributed by atoms with Gasteiger partial charge in [0.1, 0.15) is 0 Å². The Morgan fingerprint density at radius 3 is 1.85 bits per heavy atom. The molecule has 1 N–H and O–H groups in total. The molecule has 0 spiro atoms. The third-order valence-electron chi connectivity index (χ3n) is 2.11. The minimum atomic E-state index is -4.97. The van der Waals surface area contributed by atoms with Gasteiger partial charge >= 0.3 is 18.4 Å². The predicted octanol–water partition coefficient (Wildman–Crippen LogP) is 4.29. The number of alkyl halides is 6. The van der Waals surface area contributed by atoms with E-state index in [0.717, 1.165) is 0 Å². The number of nitrogens with one attached hydrogen (secondary N) is 1. The quantitative estimate of drug-likeness (QED) is 0.827. The standard InChI is InChI=1S/C11H9F6NO2/c1-2-20-9(19)18-8-4-6(10(12,13)14)3-7(5-8)11(15,16)17/h3-5H,2H2,1H3,(H,18,19). The molecule has 0 radical (unpaired) electrons. The van der Waals surface area contributed by atoms with Crippen LogP contribution in [0, 0.1) is 0 Å². The van der Waals surface area contributed by atoms with E-state index in [9.17, 15) is 31.1 Å². The van der Waals surface area contributed by atoms with E-state index >= 15 is 0 Å². The van der Waals surface area contributed by atoms with Gasteiger partial charge in [-0.25, -0.2) is 4.79 Å². The van der Waals surface area contributed by atoms with Crippen LogP contribution in [0.5, 0.6) is 0 Å². The summed E-state index contributed by atoms with van der Waals surface area (Å²) >= 11 is 0. The molecule has 0 unspecified atom stereocenters. The Morgan fingerprint density at radius 1 is 1.05 bits per heavy atom. The van der Waals surface area contributed by atoms with Gasteiger partial charge in [0.2, 0.25) is 0 Å². The van der Waals surface area contributed by atoms with Crippen LogP contribution in [0.1, 0.15) is 18.1 Å². The highest BCUT2D eigenvalue weighted by atomic mass is 19.4. The fraction of sp³-hybridized carbons (Fsp3) is 0.364. The number of carbonyl (C=O) groups is 1. The molecule has 0 bridgehead atoms. The van der Waals surface area contributed by atoms with Crippen molar-refractivity contribution in [1.29, 1.82) is 0 Å². The zero-order valence-electron chi connectivity index (χ0n) is 10.0. The number of carbonyl (C=O) groups excluding carboxylic acids is 1. The second kappa shape index (κ2) is 5.59. The monoisotopic (exact) mass is 301 g/mol. The third-order valence-corrected chi connectivity index (χ3v) is 2.11. The zero-order chi connectivity index (χ0) is 15.6. The number of anilines is 1. The number of amides is 1. The Balaban J connectivity index is 3.21. The van der Waals surface area contributed by atoms with E-state index in [2.05, 4.69) is 4.74 Å². The second-order valence-corrected chi connectivity index (χ2v) is 3.64. The van der Waals surface area contributed by atoms with Gasteiger partial charge < -0.3 is 4.74 Å². The molecular formula is C11H9F6NO2. The maximum Gasteiger partial charge on any atom is 0.416 e. The highest BCUT2D eigenvalue weighted by Gasteiger charge is 2.37. The molecule has 0 atom stereocenters. The van der Waals surface area contributed by atoms with Crippen molar-refractivity contribution in [1.82, 2.24) is 0 Å². The molecule has 1 aromatic carbocycles. The van der Waals surface area contributed by atoms with E-state index in [1.807, 2.05) is 0 Å². The van der Waals surface area contributed by atoms with Gasteiger partial charge in [0, 0.05) is 5.69 Å². The topological polar surface area (TPSA) is 38.3 Å². The summed E-state index contributed by atoms with van der Waals surface area (Å²) in [7, 11) is 0. The van der Waals surface area contributed by atoms with Gasteiger partial charge in [-0.3, -0.25) is 5.32 Å². The van der Waals surface area contributed by atoms with Gasteiger partial charge in [0.25, 0.3) is 0 Å². The van der Waals surface area contributed by atoms with Gasteiger partial charge in [-0.15, -0.1) is 0 Å². The van der Waals surface area contributed by atoms with E-state index < -0.39 is 35.3 Å². The van der Waals surface area contributed by atoms with Crippen molar-refractivity contribution in [2.45, 2.75) is 19.3 Å². The summed E-state index contributed by atoms with van der Waals surface area (Å²) in [5.41, 5.74) is -3.68. The molecule has 0 aliphatic carbocycles. The summed E-state index contributed by atoms with van der Waals surface area (Å²) < 4.78 is 79.4. The average molecular weight is 301 g/mol. The largest absolute Gasteiger partial charge is 0.450 e. The number of halogens is 6. The molecule has 1 amide bonds.